The molecule has 0 saturated carbocycles. The number of hydrogen-bond acceptors (Lipinski definition) is 4. The first-order chi connectivity index (χ1) is 5.52. The van der Waals surface area contributed by atoms with Gasteiger partial charge >= 0.3 is 5.97 Å². The van der Waals surface area contributed by atoms with Gasteiger partial charge in [-0.15, -0.1) is 0 Å². The van der Waals surface area contributed by atoms with Crippen LogP contribution in [0.15, 0.2) is 0 Å². The van der Waals surface area contributed by atoms with Crippen LogP contribution in [0.25, 0.3) is 0 Å². The number of carbonyl (C=O) groups is 1. The Bertz CT molecular complexity index is 184. The first-order valence-electron chi connectivity index (χ1n) is 3.78. The summed E-state index contributed by atoms with van der Waals surface area (Å²) in [4.78, 5) is 10.6. The summed E-state index contributed by atoms with van der Waals surface area (Å²) in [5, 5.41) is 9.39. The Balaban J connectivity index is 2.57. The first-order valence-corrected chi connectivity index (χ1v) is 3.78. The minimum atomic E-state index is -0.830. The monoisotopic (exact) mass is 170 g/mol. The zero-order valence-corrected chi connectivity index (χ0v) is 7.06. The number of carbonyl (C=O) groups excluding carboxylic acids is 1. The van der Waals surface area contributed by atoms with Gasteiger partial charge in [0, 0.05) is 6.92 Å². The summed E-state index contributed by atoms with van der Waals surface area (Å²) in [5.41, 5.74) is 0. The third-order valence-corrected chi connectivity index (χ3v) is 1.82. The highest BCUT2D eigenvalue weighted by atomic mass is 16.6. The van der Waals surface area contributed by atoms with E-state index in [2.05, 4.69) is 0 Å². The third kappa shape index (κ3) is 1.79. The van der Waals surface area contributed by atoms with E-state index >= 15 is 0 Å². The van der Waals surface area contributed by atoms with Gasteiger partial charge in [-0.25, -0.2) is 0 Å². The van der Waals surface area contributed by atoms with E-state index in [1.54, 1.807) is 6.92 Å². The maximum Gasteiger partial charge on any atom is 0.303 e. The molecule has 0 amide bonds. The lowest BCUT2D eigenvalue weighted by Crippen LogP contribution is -2.36. The molecule has 66 valence electrons. The Morgan fingerprint density at radius 2 is 2.25 bits per heavy atom. The summed E-state index contributed by atoms with van der Waals surface area (Å²) in [6, 6.07) is -0.723. The predicted octanol–water partition coefficient (Wildman–Crippen LogP) is -0.808. The van der Waals surface area contributed by atoms with E-state index < -0.39 is 24.2 Å². The number of aliphatic hydroxyl groups is 1. The van der Waals surface area contributed by atoms with Gasteiger partial charge < -0.3 is 14.6 Å². The van der Waals surface area contributed by atoms with E-state index in [9.17, 15) is 9.90 Å². The van der Waals surface area contributed by atoms with Crippen molar-refractivity contribution in [3.63, 3.8) is 0 Å². The number of ether oxygens (including phenoxy) is 2. The molecule has 1 aliphatic rings. The lowest BCUT2D eigenvalue weighted by Gasteiger charge is -2.17. The van der Waals surface area contributed by atoms with Crippen molar-refractivity contribution in [1.82, 2.24) is 0 Å². The Morgan fingerprint density at radius 1 is 1.67 bits per heavy atom. The molecule has 0 aromatic rings. The average Bonchev–Trinajstić information content (AvgIpc) is 2.16. The Hall–Kier alpha value is -0.545. The molecular formula is C7H11BO4. The highest BCUT2D eigenvalue weighted by Gasteiger charge is 2.40. The van der Waals surface area contributed by atoms with Crippen molar-refractivity contribution in [2.24, 2.45) is 0 Å². The summed E-state index contributed by atoms with van der Waals surface area (Å²) in [6.07, 6.45) is -1.95. The van der Waals surface area contributed by atoms with Crippen LogP contribution in [0.1, 0.15) is 13.8 Å². The summed E-state index contributed by atoms with van der Waals surface area (Å²) < 4.78 is 9.80. The van der Waals surface area contributed by atoms with Crippen molar-refractivity contribution < 1.29 is 19.4 Å². The van der Waals surface area contributed by atoms with E-state index in [-0.39, 0.29) is 6.10 Å². The van der Waals surface area contributed by atoms with Crippen molar-refractivity contribution in [3.05, 3.63) is 0 Å². The average molecular weight is 170 g/mol. The smallest absolute Gasteiger partial charge is 0.303 e. The summed E-state index contributed by atoms with van der Waals surface area (Å²) in [7, 11) is 5.45. The fraction of sp³-hybridized carbons (Fsp3) is 0.857. The zero-order valence-electron chi connectivity index (χ0n) is 7.06. The van der Waals surface area contributed by atoms with E-state index in [0.717, 1.165) is 0 Å². The van der Waals surface area contributed by atoms with Crippen LogP contribution in [0.2, 0.25) is 0 Å². The topological polar surface area (TPSA) is 55.8 Å². The van der Waals surface area contributed by atoms with Crippen LogP contribution in [0, 0.1) is 0 Å². The second kappa shape index (κ2) is 3.45. The van der Waals surface area contributed by atoms with Crippen molar-refractivity contribution in [2.75, 3.05) is 0 Å². The number of rotatable bonds is 1. The van der Waals surface area contributed by atoms with Gasteiger partial charge in [-0.05, 0) is 6.92 Å². The van der Waals surface area contributed by atoms with Crippen LogP contribution in [0.4, 0.5) is 0 Å². The summed E-state index contributed by atoms with van der Waals surface area (Å²) >= 11 is 0. The minimum absolute atomic E-state index is 0.385. The minimum Gasteiger partial charge on any atom is -0.458 e. The van der Waals surface area contributed by atoms with E-state index in [0.29, 0.717) is 0 Å². The molecule has 1 aliphatic heterocycles. The fourth-order valence-electron chi connectivity index (χ4n) is 1.20. The molecule has 0 aromatic heterocycles. The van der Waals surface area contributed by atoms with Crippen LogP contribution >= 0.6 is 0 Å². The molecule has 4 atom stereocenters. The molecule has 1 N–H and O–H groups in total. The third-order valence-electron chi connectivity index (χ3n) is 1.82. The highest BCUT2D eigenvalue weighted by molar-refractivity contribution is 6.11. The van der Waals surface area contributed by atoms with Gasteiger partial charge in [-0.3, -0.25) is 4.79 Å². The second-order valence-corrected chi connectivity index (χ2v) is 2.87. The lowest BCUT2D eigenvalue weighted by atomic mass is 9.93. The van der Waals surface area contributed by atoms with Crippen molar-refractivity contribution in [3.8, 4) is 0 Å². The van der Waals surface area contributed by atoms with Crippen LogP contribution in [0.3, 0.4) is 0 Å². The van der Waals surface area contributed by atoms with E-state index in [4.69, 9.17) is 17.3 Å². The standard InChI is InChI=1S/C7H11BO4/c1-3-5(10)6(7(8)11-3)12-4(2)9/h3,5-7,10H,1-2H3/t3-,5-,6+,7-/m1/s1. The van der Waals surface area contributed by atoms with E-state index in [1.807, 2.05) is 0 Å². The number of esters is 1. The van der Waals surface area contributed by atoms with Crippen molar-refractivity contribution in [2.45, 2.75) is 38.2 Å². The lowest BCUT2D eigenvalue weighted by molar-refractivity contribution is -0.150. The molecule has 12 heavy (non-hydrogen) atoms. The van der Waals surface area contributed by atoms with Crippen LogP contribution < -0.4 is 0 Å². The summed E-state index contributed by atoms with van der Waals surface area (Å²) in [5.74, 6) is -0.466. The quantitative estimate of drug-likeness (QED) is 0.413. The maximum atomic E-state index is 10.6. The molecule has 4 nitrogen and oxygen atoms in total. The Labute approximate surface area is 72.3 Å². The molecule has 1 rings (SSSR count). The van der Waals surface area contributed by atoms with Gasteiger partial charge in [0.1, 0.15) is 20.1 Å². The fourth-order valence-corrected chi connectivity index (χ4v) is 1.20. The zero-order chi connectivity index (χ0) is 9.30. The van der Waals surface area contributed by atoms with Gasteiger partial charge in [-0.2, -0.15) is 0 Å². The molecule has 1 fully saturated rings. The van der Waals surface area contributed by atoms with Crippen molar-refractivity contribution >= 4 is 13.8 Å². The van der Waals surface area contributed by atoms with Crippen LogP contribution in [-0.4, -0.2) is 43.2 Å². The molecule has 0 spiro atoms. The van der Waals surface area contributed by atoms with Gasteiger partial charge in [0.25, 0.3) is 0 Å². The Morgan fingerprint density at radius 3 is 2.58 bits per heavy atom. The second-order valence-electron chi connectivity index (χ2n) is 2.87. The molecule has 5 heteroatoms. The predicted molar refractivity (Wildman–Crippen MR) is 41.6 cm³/mol. The highest BCUT2D eigenvalue weighted by Crippen LogP contribution is 2.21. The number of aliphatic hydroxyl groups excluding tert-OH is 1. The molecule has 2 radical (unpaired) electrons. The van der Waals surface area contributed by atoms with Gasteiger partial charge in [0.2, 0.25) is 0 Å². The van der Waals surface area contributed by atoms with E-state index in [1.165, 1.54) is 6.92 Å². The molecule has 0 aliphatic carbocycles. The normalized spacial score (nSPS) is 41.2. The molecule has 0 bridgehead atoms. The maximum absolute atomic E-state index is 10.6. The number of hydrogen-bond donors (Lipinski definition) is 1. The molecular weight excluding hydrogens is 159 g/mol. The molecule has 1 heterocycles. The Kier molecular flexibility index (Phi) is 2.74. The first kappa shape index (κ1) is 9.54. The SMILES string of the molecule is [B][C@@H]1O[C@H](C)[C@@H](O)[C@@H]1OC(C)=O. The largest absolute Gasteiger partial charge is 0.458 e. The van der Waals surface area contributed by atoms with Gasteiger partial charge in [0.05, 0.1) is 12.1 Å². The van der Waals surface area contributed by atoms with Gasteiger partial charge in [-0.1, -0.05) is 0 Å². The van der Waals surface area contributed by atoms with Crippen molar-refractivity contribution in [1.29, 1.82) is 0 Å². The van der Waals surface area contributed by atoms with Crippen LogP contribution in [-0.2, 0) is 14.3 Å². The molecule has 0 aromatic carbocycles. The van der Waals surface area contributed by atoms with Crippen LogP contribution in [0.5, 0.6) is 0 Å². The summed E-state index contributed by atoms with van der Waals surface area (Å²) in [6.45, 7) is 2.94. The molecule has 0 unspecified atom stereocenters. The molecule has 1 saturated heterocycles. The van der Waals surface area contributed by atoms with Gasteiger partial charge in [0.15, 0.2) is 0 Å².